The molecule has 1 aliphatic rings. The minimum Gasteiger partial charge on any atom is -0.439 e. The molecule has 0 saturated carbocycles. The first-order chi connectivity index (χ1) is 12.6. The van der Waals surface area contributed by atoms with Crippen LogP contribution in [0.5, 0.6) is 11.6 Å². The highest BCUT2D eigenvalue weighted by Gasteiger charge is 2.15. The molecule has 2 heterocycles. The maximum absolute atomic E-state index is 12.1. The molecule has 1 aliphatic heterocycles. The van der Waals surface area contributed by atoms with Crippen molar-refractivity contribution >= 4 is 5.91 Å². The van der Waals surface area contributed by atoms with Crippen molar-refractivity contribution in [2.75, 3.05) is 13.1 Å². The fraction of sp³-hybridized carbons (Fsp3) is 0.429. The number of nitrogens with zero attached hydrogens (tertiary/aromatic N) is 1. The van der Waals surface area contributed by atoms with E-state index in [1.54, 1.807) is 6.20 Å². The van der Waals surface area contributed by atoms with Gasteiger partial charge >= 0.3 is 0 Å². The second-order valence-electron chi connectivity index (χ2n) is 6.98. The second kappa shape index (κ2) is 8.81. The van der Waals surface area contributed by atoms with E-state index in [1.165, 1.54) is 12.0 Å². The van der Waals surface area contributed by atoms with Crippen molar-refractivity contribution in [2.24, 2.45) is 5.92 Å². The van der Waals surface area contributed by atoms with E-state index in [2.05, 4.69) is 28.6 Å². The molecule has 1 unspecified atom stereocenters. The van der Waals surface area contributed by atoms with Gasteiger partial charge < -0.3 is 15.4 Å². The Morgan fingerprint density at radius 2 is 2.23 bits per heavy atom. The van der Waals surface area contributed by atoms with Crippen LogP contribution in [0.2, 0.25) is 0 Å². The number of aryl methyl sites for hydroxylation is 1. The van der Waals surface area contributed by atoms with Crippen LogP contribution in [-0.4, -0.2) is 24.0 Å². The van der Waals surface area contributed by atoms with Gasteiger partial charge in [0.25, 0.3) is 0 Å². The summed E-state index contributed by atoms with van der Waals surface area (Å²) in [6.07, 6.45) is 4.43. The number of aromatic nitrogens is 1. The molecule has 1 aromatic heterocycles. The summed E-state index contributed by atoms with van der Waals surface area (Å²) >= 11 is 0. The summed E-state index contributed by atoms with van der Waals surface area (Å²) in [5.74, 6) is 2.09. The predicted molar refractivity (Wildman–Crippen MR) is 102 cm³/mol. The van der Waals surface area contributed by atoms with Gasteiger partial charge in [0.1, 0.15) is 5.75 Å². The number of pyridine rings is 1. The van der Waals surface area contributed by atoms with E-state index < -0.39 is 0 Å². The van der Waals surface area contributed by atoms with Gasteiger partial charge in [-0.15, -0.1) is 0 Å². The highest BCUT2D eigenvalue weighted by atomic mass is 16.5. The standard InChI is InChI=1S/C21H27N3O2/c1-15-4-3-5-19(16(15)2)26-21-12-18(9-11-23-21)14-24-20(25)7-6-17-8-10-22-13-17/h3-5,9,11-12,17,22H,6-8,10,13-14H2,1-2H3,(H,24,25). The fourth-order valence-electron chi connectivity index (χ4n) is 3.15. The molecule has 2 N–H and O–H groups in total. The van der Waals surface area contributed by atoms with Crippen molar-refractivity contribution < 1.29 is 9.53 Å². The van der Waals surface area contributed by atoms with Crippen LogP contribution < -0.4 is 15.4 Å². The van der Waals surface area contributed by atoms with Gasteiger partial charge in [0.15, 0.2) is 0 Å². The predicted octanol–water partition coefficient (Wildman–Crippen LogP) is 3.50. The summed E-state index contributed by atoms with van der Waals surface area (Å²) in [6.45, 7) is 6.70. The van der Waals surface area contributed by atoms with Crippen LogP contribution in [0.3, 0.4) is 0 Å². The average molecular weight is 353 g/mol. The van der Waals surface area contributed by atoms with Gasteiger partial charge in [0.05, 0.1) is 0 Å². The molecule has 138 valence electrons. The Labute approximate surface area is 155 Å². The lowest BCUT2D eigenvalue weighted by Crippen LogP contribution is -2.23. The van der Waals surface area contributed by atoms with Gasteiger partial charge in [-0.2, -0.15) is 0 Å². The molecule has 5 heteroatoms. The van der Waals surface area contributed by atoms with Crippen LogP contribution in [0.25, 0.3) is 0 Å². The van der Waals surface area contributed by atoms with Crippen LogP contribution >= 0.6 is 0 Å². The number of carbonyl (C=O) groups is 1. The number of carbonyl (C=O) groups excluding carboxylic acids is 1. The number of amides is 1. The fourth-order valence-corrected chi connectivity index (χ4v) is 3.15. The largest absolute Gasteiger partial charge is 0.439 e. The normalized spacial score (nSPS) is 16.5. The van der Waals surface area contributed by atoms with Crippen LogP contribution in [0, 0.1) is 19.8 Å². The molecule has 2 aromatic rings. The Morgan fingerprint density at radius 3 is 3.04 bits per heavy atom. The first-order valence-electron chi connectivity index (χ1n) is 9.28. The van der Waals surface area contributed by atoms with Crippen LogP contribution in [0.1, 0.15) is 36.0 Å². The molecule has 0 bridgehead atoms. The molecule has 1 atom stereocenters. The van der Waals surface area contributed by atoms with Gasteiger partial charge in [-0.05, 0) is 74.5 Å². The zero-order valence-corrected chi connectivity index (χ0v) is 15.5. The zero-order chi connectivity index (χ0) is 18.4. The third-order valence-electron chi connectivity index (χ3n) is 5.00. The molecular formula is C21H27N3O2. The van der Waals surface area contributed by atoms with E-state index in [1.807, 2.05) is 31.2 Å². The lowest BCUT2D eigenvalue weighted by atomic mass is 10.0. The molecule has 1 aromatic carbocycles. The first kappa shape index (κ1) is 18.4. The maximum Gasteiger partial charge on any atom is 0.220 e. The Balaban J connectivity index is 1.52. The highest BCUT2D eigenvalue weighted by Crippen LogP contribution is 2.26. The Hall–Kier alpha value is -2.40. The molecule has 0 radical (unpaired) electrons. The summed E-state index contributed by atoms with van der Waals surface area (Å²) in [4.78, 5) is 16.3. The first-order valence-corrected chi connectivity index (χ1v) is 9.28. The smallest absolute Gasteiger partial charge is 0.220 e. The lowest BCUT2D eigenvalue weighted by molar-refractivity contribution is -0.121. The lowest BCUT2D eigenvalue weighted by Gasteiger charge is -2.11. The van der Waals surface area contributed by atoms with Crippen molar-refractivity contribution in [3.8, 4) is 11.6 Å². The summed E-state index contributed by atoms with van der Waals surface area (Å²) in [6, 6.07) is 9.75. The van der Waals surface area contributed by atoms with E-state index >= 15 is 0 Å². The molecule has 1 amide bonds. The van der Waals surface area contributed by atoms with Gasteiger partial charge in [0, 0.05) is 25.2 Å². The quantitative estimate of drug-likeness (QED) is 0.800. The third-order valence-corrected chi connectivity index (χ3v) is 5.00. The van der Waals surface area contributed by atoms with E-state index in [4.69, 9.17) is 4.74 Å². The minimum atomic E-state index is 0.103. The molecule has 0 spiro atoms. The molecule has 26 heavy (non-hydrogen) atoms. The van der Waals surface area contributed by atoms with E-state index in [0.29, 0.717) is 24.8 Å². The van der Waals surface area contributed by atoms with Gasteiger partial charge in [-0.25, -0.2) is 4.98 Å². The van der Waals surface area contributed by atoms with Crippen molar-refractivity contribution in [3.63, 3.8) is 0 Å². The summed E-state index contributed by atoms with van der Waals surface area (Å²) < 4.78 is 5.92. The minimum absolute atomic E-state index is 0.103. The summed E-state index contributed by atoms with van der Waals surface area (Å²) in [7, 11) is 0. The van der Waals surface area contributed by atoms with Gasteiger partial charge in [-0.1, -0.05) is 12.1 Å². The Morgan fingerprint density at radius 1 is 1.35 bits per heavy atom. The van der Waals surface area contributed by atoms with Gasteiger partial charge in [-0.3, -0.25) is 4.79 Å². The van der Waals surface area contributed by atoms with Gasteiger partial charge in [0.2, 0.25) is 11.8 Å². The number of rotatable bonds is 7. The number of hydrogen-bond acceptors (Lipinski definition) is 4. The average Bonchev–Trinajstić information content (AvgIpc) is 3.16. The van der Waals surface area contributed by atoms with Crippen molar-refractivity contribution in [3.05, 3.63) is 53.2 Å². The molecule has 1 saturated heterocycles. The van der Waals surface area contributed by atoms with Crippen LogP contribution in [-0.2, 0) is 11.3 Å². The number of nitrogens with one attached hydrogen (secondary N) is 2. The third kappa shape index (κ3) is 5.05. The molecular weight excluding hydrogens is 326 g/mol. The number of benzene rings is 1. The number of ether oxygens (including phenoxy) is 1. The van der Waals surface area contributed by atoms with Crippen molar-refractivity contribution in [1.29, 1.82) is 0 Å². The molecule has 1 fully saturated rings. The Bertz CT molecular complexity index is 755. The summed E-state index contributed by atoms with van der Waals surface area (Å²) in [5.41, 5.74) is 3.27. The van der Waals surface area contributed by atoms with E-state index in [9.17, 15) is 4.79 Å². The second-order valence-corrected chi connectivity index (χ2v) is 6.98. The molecule has 3 rings (SSSR count). The highest BCUT2D eigenvalue weighted by molar-refractivity contribution is 5.75. The topological polar surface area (TPSA) is 63.2 Å². The molecule has 0 aliphatic carbocycles. The van der Waals surface area contributed by atoms with Crippen LogP contribution in [0.15, 0.2) is 36.5 Å². The SMILES string of the molecule is Cc1cccc(Oc2cc(CNC(=O)CCC3CCNC3)ccn2)c1C. The van der Waals surface area contributed by atoms with Crippen molar-refractivity contribution in [2.45, 2.75) is 39.7 Å². The van der Waals surface area contributed by atoms with E-state index in [0.717, 1.165) is 36.4 Å². The zero-order valence-electron chi connectivity index (χ0n) is 15.5. The molecule has 5 nitrogen and oxygen atoms in total. The Kier molecular flexibility index (Phi) is 6.23. The van der Waals surface area contributed by atoms with Crippen LogP contribution in [0.4, 0.5) is 0 Å². The maximum atomic E-state index is 12.1. The number of hydrogen-bond donors (Lipinski definition) is 2. The summed E-state index contributed by atoms with van der Waals surface area (Å²) in [5, 5.41) is 6.33. The van der Waals surface area contributed by atoms with Crippen molar-refractivity contribution in [1.82, 2.24) is 15.6 Å². The monoisotopic (exact) mass is 353 g/mol. The van der Waals surface area contributed by atoms with E-state index in [-0.39, 0.29) is 5.91 Å².